The van der Waals surface area contributed by atoms with Crippen molar-refractivity contribution in [3.8, 4) is 0 Å². The highest BCUT2D eigenvalue weighted by atomic mass is 35.5. The summed E-state index contributed by atoms with van der Waals surface area (Å²) in [6.07, 6.45) is 1.99. The maximum atomic E-state index is 13.2. The average molecular weight is 457 g/mol. The number of allylic oxidation sites excluding steroid dienone is 1. The maximum absolute atomic E-state index is 13.2. The van der Waals surface area contributed by atoms with Gasteiger partial charge in [-0.15, -0.1) is 0 Å². The van der Waals surface area contributed by atoms with Crippen LogP contribution in [0.25, 0.3) is 0 Å². The Hall–Kier alpha value is -2.38. The molecule has 0 unspecified atom stereocenters. The fourth-order valence-corrected chi connectivity index (χ4v) is 4.07. The third-order valence-electron chi connectivity index (χ3n) is 6.00. The van der Waals surface area contributed by atoms with E-state index >= 15 is 0 Å². The van der Waals surface area contributed by atoms with Gasteiger partial charge in [-0.05, 0) is 41.9 Å². The Morgan fingerprint density at radius 1 is 1.06 bits per heavy atom. The largest absolute Gasteiger partial charge is 0.459 e. The van der Waals surface area contributed by atoms with Crippen LogP contribution >= 0.6 is 11.6 Å². The van der Waals surface area contributed by atoms with E-state index < -0.39 is 6.29 Å². The molecule has 0 saturated carbocycles. The number of hydrogen-bond acceptors (Lipinski definition) is 5. The van der Waals surface area contributed by atoms with Crippen LogP contribution < -0.4 is 0 Å². The number of aliphatic hydroxyl groups excluding tert-OH is 1. The summed E-state index contributed by atoms with van der Waals surface area (Å²) in [7, 11) is 2.06. The van der Waals surface area contributed by atoms with Crippen LogP contribution in [0.5, 0.6) is 0 Å². The molecule has 0 radical (unpaired) electrons. The van der Waals surface area contributed by atoms with Crippen molar-refractivity contribution in [1.82, 2.24) is 9.80 Å². The van der Waals surface area contributed by atoms with Gasteiger partial charge in [0.1, 0.15) is 0 Å². The van der Waals surface area contributed by atoms with E-state index in [0.717, 1.165) is 29.8 Å². The van der Waals surface area contributed by atoms with Crippen LogP contribution in [0, 0.1) is 0 Å². The van der Waals surface area contributed by atoms with Crippen LogP contribution in [-0.2, 0) is 27.5 Å². The number of benzene rings is 2. The SMILES string of the molecule is CN1CCN(C(=O)C2=C[C@H](c3ccc(Cl)cc3)C[C@H](OCc3ccc(CO)cc3)O2)CC1. The highest BCUT2D eigenvalue weighted by Crippen LogP contribution is 2.33. The zero-order valence-corrected chi connectivity index (χ0v) is 19.0. The van der Waals surface area contributed by atoms with Gasteiger partial charge in [0.15, 0.2) is 5.76 Å². The molecule has 0 spiro atoms. The Morgan fingerprint density at radius 3 is 2.38 bits per heavy atom. The van der Waals surface area contributed by atoms with Crippen LogP contribution in [0.2, 0.25) is 5.02 Å². The number of ether oxygens (including phenoxy) is 2. The second kappa shape index (κ2) is 10.5. The summed E-state index contributed by atoms with van der Waals surface area (Å²) in [6, 6.07) is 15.3. The minimum atomic E-state index is -0.537. The van der Waals surface area contributed by atoms with E-state index in [9.17, 15) is 9.90 Å². The average Bonchev–Trinajstić information content (AvgIpc) is 2.83. The number of halogens is 1. The fraction of sp³-hybridized carbons (Fsp3) is 0.400. The highest BCUT2D eigenvalue weighted by molar-refractivity contribution is 6.30. The molecular weight excluding hydrogens is 428 g/mol. The van der Waals surface area contributed by atoms with Gasteiger partial charge in [-0.25, -0.2) is 0 Å². The highest BCUT2D eigenvalue weighted by Gasteiger charge is 2.32. The zero-order valence-electron chi connectivity index (χ0n) is 18.2. The molecule has 1 fully saturated rings. The van der Waals surface area contributed by atoms with E-state index in [4.69, 9.17) is 21.1 Å². The van der Waals surface area contributed by atoms with Gasteiger partial charge in [0.05, 0.1) is 13.2 Å². The van der Waals surface area contributed by atoms with E-state index in [2.05, 4.69) is 11.9 Å². The van der Waals surface area contributed by atoms with Crippen LogP contribution in [0.4, 0.5) is 0 Å². The van der Waals surface area contributed by atoms with Crippen LogP contribution in [0.3, 0.4) is 0 Å². The van der Waals surface area contributed by atoms with Crippen molar-refractivity contribution in [1.29, 1.82) is 0 Å². The number of hydrogen-bond donors (Lipinski definition) is 1. The number of likely N-dealkylation sites (N-methyl/N-ethyl adjacent to an activating group) is 1. The molecular formula is C25H29ClN2O4. The minimum Gasteiger partial charge on any atom is -0.459 e. The normalized spacial score (nSPS) is 21.7. The molecule has 4 rings (SSSR count). The van der Waals surface area contributed by atoms with E-state index in [1.54, 1.807) is 0 Å². The summed E-state index contributed by atoms with van der Waals surface area (Å²) in [5, 5.41) is 9.89. The smallest absolute Gasteiger partial charge is 0.288 e. The summed E-state index contributed by atoms with van der Waals surface area (Å²) >= 11 is 6.07. The number of carbonyl (C=O) groups excluding carboxylic acids is 1. The lowest BCUT2D eigenvalue weighted by Gasteiger charge is -2.35. The van der Waals surface area contributed by atoms with Crippen LogP contribution in [0.1, 0.15) is 29.0 Å². The molecule has 1 amide bonds. The molecule has 170 valence electrons. The second-order valence-electron chi connectivity index (χ2n) is 8.35. The van der Waals surface area contributed by atoms with Crippen molar-refractivity contribution in [2.45, 2.75) is 31.8 Å². The fourth-order valence-electron chi connectivity index (χ4n) is 3.95. The summed E-state index contributed by atoms with van der Waals surface area (Å²) in [5.74, 6) is 0.258. The molecule has 7 heteroatoms. The molecule has 1 N–H and O–H groups in total. The molecule has 2 heterocycles. The predicted molar refractivity (Wildman–Crippen MR) is 123 cm³/mol. The lowest BCUT2D eigenvalue weighted by Crippen LogP contribution is -2.48. The van der Waals surface area contributed by atoms with E-state index in [-0.39, 0.29) is 18.4 Å². The van der Waals surface area contributed by atoms with Crippen LogP contribution in [-0.4, -0.2) is 60.3 Å². The lowest BCUT2D eigenvalue weighted by molar-refractivity contribution is -0.156. The van der Waals surface area contributed by atoms with E-state index in [0.29, 0.717) is 36.9 Å². The first-order valence-corrected chi connectivity index (χ1v) is 11.3. The topological polar surface area (TPSA) is 62.2 Å². The second-order valence-corrected chi connectivity index (χ2v) is 8.79. The molecule has 2 aliphatic rings. The van der Waals surface area contributed by atoms with Crippen molar-refractivity contribution in [2.75, 3.05) is 33.2 Å². The molecule has 0 aromatic heterocycles. The number of amides is 1. The third kappa shape index (κ3) is 5.70. The molecule has 2 aromatic rings. The number of rotatable bonds is 6. The standard InChI is InChI=1S/C25H29ClN2O4/c1-27-10-12-28(13-11-27)25(30)23-14-21(20-6-8-22(26)9-7-20)15-24(32-23)31-17-19-4-2-18(16-29)3-5-19/h2-9,14,21,24,29H,10-13,15-17H2,1H3/t21-,24+/m0/s1. The van der Waals surface area contributed by atoms with E-state index in [1.807, 2.05) is 59.5 Å². The van der Waals surface area contributed by atoms with E-state index in [1.165, 1.54) is 0 Å². The quantitative estimate of drug-likeness (QED) is 0.720. The summed E-state index contributed by atoms with van der Waals surface area (Å²) in [4.78, 5) is 17.3. The third-order valence-corrected chi connectivity index (χ3v) is 6.25. The molecule has 6 nitrogen and oxygen atoms in total. The summed E-state index contributed by atoms with van der Waals surface area (Å²) in [5.41, 5.74) is 2.91. The molecule has 1 saturated heterocycles. The van der Waals surface area contributed by atoms with Gasteiger partial charge in [0, 0.05) is 43.5 Å². The molecule has 2 atom stereocenters. The first-order chi connectivity index (χ1) is 15.5. The van der Waals surface area contributed by atoms with Gasteiger partial charge in [-0.1, -0.05) is 48.0 Å². The monoisotopic (exact) mass is 456 g/mol. The number of aliphatic hydroxyl groups is 1. The zero-order chi connectivity index (χ0) is 22.5. The molecule has 2 aromatic carbocycles. The van der Waals surface area contributed by atoms with Crippen molar-refractivity contribution in [3.63, 3.8) is 0 Å². The molecule has 0 aliphatic carbocycles. The Morgan fingerprint density at radius 2 is 1.72 bits per heavy atom. The minimum absolute atomic E-state index is 0.00537. The summed E-state index contributed by atoms with van der Waals surface area (Å²) < 4.78 is 12.1. The van der Waals surface area contributed by atoms with Gasteiger partial charge in [-0.2, -0.15) is 0 Å². The molecule has 32 heavy (non-hydrogen) atoms. The lowest BCUT2D eigenvalue weighted by atomic mass is 9.93. The molecule has 0 bridgehead atoms. The van der Waals surface area contributed by atoms with Gasteiger partial charge in [0.25, 0.3) is 5.91 Å². The predicted octanol–water partition coefficient (Wildman–Crippen LogP) is 3.54. The van der Waals surface area contributed by atoms with Crippen molar-refractivity contribution in [3.05, 3.63) is 82.1 Å². The number of nitrogens with zero attached hydrogens (tertiary/aromatic N) is 2. The van der Waals surface area contributed by atoms with Crippen molar-refractivity contribution < 1.29 is 19.4 Å². The van der Waals surface area contributed by atoms with Crippen LogP contribution in [0.15, 0.2) is 60.4 Å². The summed E-state index contributed by atoms with van der Waals surface area (Å²) in [6.45, 7) is 3.44. The maximum Gasteiger partial charge on any atom is 0.288 e. The van der Waals surface area contributed by atoms with Gasteiger partial charge in [0.2, 0.25) is 6.29 Å². The van der Waals surface area contributed by atoms with Gasteiger partial charge < -0.3 is 24.4 Å². The Kier molecular flexibility index (Phi) is 7.48. The Balaban J connectivity index is 1.49. The van der Waals surface area contributed by atoms with Crippen molar-refractivity contribution in [2.24, 2.45) is 0 Å². The molecule has 2 aliphatic heterocycles. The Bertz CT molecular complexity index is 937. The Labute approximate surface area is 194 Å². The van der Waals surface area contributed by atoms with Crippen molar-refractivity contribution >= 4 is 17.5 Å². The first kappa shape index (κ1) is 22.8. The van der Waals surface area contributed by atoms with Gasteiger partial charge >= 0.3 is 0 Å². The number of piperazine rings is 1. The number of carbonyl (C=O) groups is 1. The first-order valence-electron chi connectivity index (χ1n) is 10.9. The van der Waals surface area contributed by atoms with Gasteiger partial charge in [-0.3, -0.25) is 4.79 Å².